The molecule has 0 aromatic heterocycles. The van der Waals surface area contributed by atoms with E-state index in [0.29, 0.717) is 38.7 Å². The van der Waals surface area contributed by atoms with Crippen LogP contribution in [-0.2, 0) is 9.53 Å². The molecule has 138 valence electrons. The van der Waals surface area contributed by atoms with Gasteiger partial charge in [0.1, 0.15) is 5.60 Å². The van der Waals surface area contributed by atoms with Gasteiger partial charge in [-0.1, -0.05) is 19.3 Å². The molecular formula is C17H27F2NO4. The van der Waals surface area contributed by atoms with Crippen LogP contribution < -0.4 is 0 Å². The fraction of sp³-hybridized carbons (Fsp3) is 0.941. The molecular weight excluding hydrogens is 320 g/mol. The lowest BCUT2D eigenvalue weighted by Crippen LogP contribution is -2.61. The Labute approximate surface area is 141 Å². The van der Waals surface area contributed by atoms with E-state index < -0.39 is 29.6 Å². The minimum atomic E-state index is -3.78. The number of amides is 1. The highest BCUT2D eigenvalue weighted by Gasteiger charge is 2.60. The van der Waals surface area contributed by atoms with Gasteiger partial charge in [-0.15, -0.1) is 0 Å². The average molecular weight is 347 g/mol. The SMILES string of the molecule is O=C(N1CCCC1C1COCCC1O)C(F)(F)C1(O)CCCCC1. The van der Waals surface area contributed by atoms with Crippen molar-refractivity contribution in [2.45, 2.75) is 75.0 Å². The Morgan fingerprint density at radius 3 is 2.54 bits per heavy atom. The van der Waals surface area contributed by atoms with Gasteiger partial charge < -0.3 is 19.8 Å². The standard InChI is InChI=1S/C17H27F2NO4/c18-17(19,16(23)7-2-1-3-8-16)15(22)20-9-4-5-13(20)12-11-24-10-6-14(12)21/h12-14,21,23H,1-11H2. The minimum absolute atomic E-state index is 0.0423. The van der Waals surface area contributed by atoms with E-state index in [2.05, 4.69) is 0 Å². The van der Waals surface area contributed by atoms with Crippen molar-refractivity contribution in [1.82, 2.24) is 4.90 Å². The van der Waals surface area contributed by atoms with E-state index >= 15 is 0 Å². The second-order valence-corrected chi connectivity index (χ2v) is 7.47. The molecule has 0 spiro atoms. The lowest BCUT2D eigenvalue weighted by Gasteiger charge is -2.42. The molecule has 5 nitrogen and oxygen atoms in total. The molecule has 3 rings (SSSR count). The maximum absolute atomic E-state index is 14.8. The smallest absolute Gasteiger partial charge is 0.352 e. The fourth-order valence-electron chi connectivity index (χ4n) is 4.44. The maximum Gasteiger partial charge on any atom is 0.352 e. The molecule has 3 unspecified atom stereocenters. The molecule has 3 aliphatic rings. The summed E-state index contributed by atoms with van der Waals surface area (Å²) in [5.41, 5.74) is -2.24. The van der Waals surface area contributed by atoms with Crippen LogP contribution in [-0.4, -0.2) is 64.4 Å². The molecule has 2 aliphatic heterocycles. The molecule has 0 bridgehead atoms. The molecule has 1 amide bonds. The highest BCUT2D eigenvalue weighted by Crippen LogP contribution is 2.43. The lowest BCUT2D eigenvalue weighted by atomic mass is 9.79. The number of hydrogen-bond acceptors (Lipinski definition) is 4. The molecule has 0 aromatic carbocycles. The van der Waals surface area contributed by atoms with E-state index in [1.807, 2.05) is 0 Å². The summed E-state index contributed by atoms with van der Waals surface area (Å²) in [5, 5.41) is 20.6. The molecule has 0 radical (unpaired) electrons. The summed E-state index contributed by atoms with van der Waals surface area (Å²) in [6.07, 6.45) is 2.80. The van der Waals surface area contributed by atoms with Gasteiger partial charge in [-0.25, -0.2) is 0 Å². The Morgan fingerprint density at radius 1 is 1.17 bits per heavy atom. The van der Waals surface area contributed by atoms with Crippen LogP contribution in [0.25, 0.3) is 0 Å². The number of aliphatic hydroxyl groups is 2. The summed E-state index contributed by atoms with van der Waals surface area (Å²) in [4.78, 5) is 13.8. The first-order valence-electron chi connectivity index (χ1n) is 9.04. The minimum Gasteiger partial charge on any atom is -0.393 e. The number of alkyl halides is 2. The second kappa shape index (κ2) is 6.84. The number of hydrogen-bond donors (Lipinski definition) is 2. The molecule has 24 heavy (non-hydrogen) atoms. The summed E-state index contributed by atoms with van der Waals surface area (Å²) in [5.74, 6) is -5.40. The maximum atomic E-state index is 14.8. The summed E-state index contributed by atoms with van der Waals surface area (Å²) >= 11 is 0. The first kappa shape index (κ1) is 18.0. The van der Waals surface area contributed by atoms with Crippen LogP contribution in [0.5, 0.6) is 0 Å². The molecule has 7 heteroatoms. The van der Waals surface area contributed by atoms with E-state index in [9.17, 15) is 23.8 Å². The van der Waals surface area contributed by atoms with Crippen molar-refractivity contribution < 1.29 is 28.5 Å². The molecule has 2 heterocycles. The van der Waals surface area contributed by atoms with E-state index in [1.54, 1.807) is 0 Å². The van der Waals surface area contributed by atoms with Crippen LogP contribution in [0.15, 0.2) is 0 Å². The molecule has 2 N–H and O–H groups in total. The van der Waals surface area contributed by atoms with E-state index in [1.165, 1.54) is 4.90 Å². The van der Waals surface area contributed by atoms with Gasteiger partial charge in [-0.05, 0) is 32.1 Å². The van der Waals surface area contributed by atoms with Gasteiger partial charge in [0.05, 0.1) is 12.7 Å². The normalized spacial score (nSPS) is 34.3. The summed E-state index contributed by atoms with van der Waals surface area (Å²) in [6, 6.07) is -0.439. The predicted octanol–water partition coefficient (Wildman–Crippen LogP) is 1.71. The second-order valence-electron chi connectivity index (χ2n) is 7.47. The number of carbonyl (C=O) groups excluding carboxylic acids is 1. The van der Waals surface area contributed by atoms with Gasteiger partial charge in [0.25, 0.3) is 5.91 Å². The largest absolute Gasteiger partial charge is 0.393 e. The third-order valence-corrected chi connectivity index (χ3v) is 5.95. The van der Waals surface area contributed by atoms with Crippen molar-refractivity contribution in [3.05, 3.63) is 0 Å². The number of likely N-dealkylation sites (tertiary alicyclic amines) is 1. The van der Waals surface area contributed by atoms with E-state index in [4.69, 9.17) is 4.74 Å². The first-order chi connectivity index (χ1) is 11.4. The number of nitrogens with zero attached hydrogens (tertiary/aromatic N) is 1. The van der Waals surface area contributed by atoms with Gasteiger partial charge in [0.2, 0.25) is 0 Å². The van der Waals surface area contributed by atoms with Gasteiger partial charge in [-0.2, -0.15) is 8.78 Å². The Bertz CT molecular complexity index is 468. The van der Waals surface area contributed by atoms with Crippen molar-refractivity contribution in [1.29, 1.82) is 0 Å². The Balaban J connectivity index is 1.77. The quantitative estimate of drug-likeness (QED) is 0.815. The number of ether oxygens (including phenoxy) is 1. The van der Waals surface area contributed by atoms with E-state index in [0.717, 1.165) is 6.42 Å². The molecule has 2 saturated heterocycles. The first-order valence-corrected chi connectivity index (χ1v) is 9.04. The highest BCUT2D eigenvalue weighted by atomic mass is 19.3. The van der Waals surface area contributed by atoms with Crippen molar-refractivity contribution in [2.75, 3.05) is 19.8 Å². The van der Waals surface area contributed by atoms with Crippen LogP contribution in [0.1, 0.15) is 51.4 Å². The molecule has 1 aliphatic carbocycles. The van der Waals surface area contributed by atoms with Crippen molar-refractivity contribution in [3.8, 4) is 0 Å². The zero-order valence-corrected chi connectivity index (χ0v) is 13.9. The van der Waals surface area contributed by atoms with Gasteiger partial charge in [0, 0.05) is 25.1 Å². The Hall–Kier alpha value is -0.790. The lowest BCUT2D eigenvalue weighted by molar-refractivity contribution is -0.212. The predicted molar refractivity (Wildman–Crippen MR) is 82.6 cm³/mol. The van der Waals surface area contributed by atoms with Crippen molar-refractivity contribution in [3.63, 3.8) is 0 Å². The zero-order valence-electron chi connectivity index (χ0n) is 13.9. The summed E-state index contributed by atoms with van der Waals surface area (Å²) in [6.45, 7) is 0.984. The number of carbonyl (C=O) groups is 1. The number of halogens is 2. The van der Waals surface area contributed by atoms with Gasteiger partial charge >= 0.3 is 5.92 Å². The third kappa shape index (κ3) is 3.06. The van der Waals surface area contributed by atoms with Crippen molar-refractivity contribution in [2.24, 2.45) is 5.92 Å². The Kier molecular flexibility index (Phi) is 5.14. The van der Waals surface area contributed by atoms with Crippen LogP contribution in [0, 0.1) is 5.92 Å². The number of aliphatic hydroxyl groups excluding tert-OH is 1. The van der Waals surface area contributed by atoms with E-state index in [-0.39, 0.29) is 31.9 Å². The number of rotatable bonds is 3. The zero-order chi connectivity index (χ0) is 17.4. The third-order valence-electron chi connectivity index (χ3n) is 5.95. The monoisotopic (exact) mass is 347 g/mol. The van der Waals surface area contributed by atoms with Crippen LogP contribution in [0.2, 0.25) is 0 Å². The topological polar surface area (TPSA) is 70.0 Å². The molecule has 3 atom stereocenters. The van der Waals surface area contributed by atoms with Gasteiger partial charge in [-0.3, -0.25) is 4.79 Å². The fourth-order valence-corrected chi connectivity index (χ4v) is 4.44. The summed E-state index contributed by atoms with van der Waals surface area (Å²) < 4.78 is 35.1. The average Bonchev–Trinajstić information content (AvgIpc) is 3.04. The summed E-state index contributed by atoms with van der Waals surface area (Å²) in [7, 11) is 0. The van der Waals surface area contributed by atoms with Crippen LogP contribution in [0.4, 0.5) is 8.78 Å². The highest BCUT2D eigenvalue weighted by molar-refractivity contribution is 5.85. The Morgan fingerprint density at radius 2 is 1.88 bits per heavy atom. The molecule has 1 saturated carbocycles. The van der Waals surface area contributed by atoms with Crippen molar-refractivity contribution >= 4 is 5.91 Å². The van der Waals surface area contributed by atoms with Crippen LogP contribution in [0.3, 0.4) is 0 Å². The molecule has 0 aromatic rings. The van der Waals surface area contributed by atoms with Crippen LogP contribution >= 0.6 is 0 Å². The van der Waals surface area contributed by atoms with Gasteiger partial charge in [0.15, 0.2) is 0 Å². The molecule has 3 fully saturated rings.